The Morgan fingerprint density at radius 2 is 1.90 bits per heavy atom. The molecule has 0 unspecified atom stereocenters. The Balaban J connectivity index is 1.59. The molecule has 1 N–H and O–H groups in total. The highest BCUT2D eigenvalue weighted by Gasteiger charge is 2.35. The molecule has 0 atom stereocenters. The van der Waals surface area contributed by atoms with Crippen molar-refractivity contribution in [3.05, 3.63) is 92.8 Å². The molecule has 3 aromatic rings. The molecule has 202 valence electrons. The topological polar surface area (TPSA) is 150 Å². The number of esters is 1. The number of nitrogens with one attached hydrogen (secondary N) is 1. The second-order valence-corrected chi connectivity index (χ2v) is 8.11. The zero-order valence-corrected chi connectivity index (χ0v) is 20.8. The number of urea groups is 1. The maximum absolute atomic E-state index is 13.2. The fourth-order valence-electron chi connectivity index (χ4n) is 3.68. The van der Waals surface area contributed by atoms with Crippen molar-refractivity contribution < 1.29 is 42.3 Å². The van der Waals surface area contributed by atoms with Gasteiger partial charge in [-0.15, -0.1) is 0 Å². The van der Waals surface area contributed by atoms with Crippen LogP contribution in [-0.2, 0) is 22.7 Å². The van der Waals surface area contributed by atoms with Crippen LogP contribution in [0.5, 0.6) is 11.5 Å². The van der Waals surface area contributed by atoms with Crippen LogP contribution in [0.2, 0.25) is 0 Å². The predicted octanol–water partition coefficient (Wildman–Crippen LogP) is 4.18. The summed E-state index contributed by atoms with van der Waals surface area (Å²) < 4.78 is 34.3. The van der Waals surface area contributed by atoms with E-state index in [1.165, 1.54) is 61.7 Å². The maximum Gasteiger partial charge on any atom is 0.373 e. The Morgan fingerprint density at radius 1 is 1.15 bits per heavy atom. The molecule has 13 heteroatoms. The Hall–Kier alpha value is -5.20. The van der Waals surface area contributed by atoms with E-state index in [-0.39, 0.29) is 54.0 Å². The van der Waals surface area contributed by atoms with Crippen molar-refractivity contribution in [2.45, 2.75) is 20.1 Å². The largest absolute Gasteiger partial charge is 0.490 e. The highest BCUT2D eigenvalue weighted by atomic mass is 19.1. The molecule has 0 spiro atoms. The second kappa shape index (κ2) is 11.5. The lowest BCUT2D eigenvalue weighted by Crippen LogP contribution is -2.30. The first-order chi connectivity index (χ1) is 18.7. The first kappa shape index (κ1) is 26.9. The van der Waals surface area contributed by atoms with Gasteiger partial charge in [0.25, 0.3) is 5.91 Å². The first-order valence-electron chi connectivity index (χ1n) is 11.5. The minimum absolute atomic E-state index is 0.0419. The molecule has 0 saturated carbocycles. The average Bonchev–Trinajstić information content (AvgIpc) is 3.49. The lowest BCUT2D eigenvalue weighted by Gasteiger charge is -2.13. The number of benzene rings is 2. The zero-order valence-electron chi connectivity index (χ0n) is 20.8. The van der Waals surface area contributed by atoms with Gasteiger partial charge in [-0.1, -0.05) is 12.1 Å². The van der Waals surface area contributed by atoms with Crippen LogP contribution in [0.1, 0.15) is 34.4 Å². The molecule has 0 aliphatic carbocycles. The number of nitro benzene ring substituents is 1. The lowest BCUT2D eigenvalue weighted by molar-refractivity contribution is -0.386. The van der Waals surface area contributed by atoms with Crippen LogP contribution < -0.4 is 14.8 Å². The molecule has 1 aromatic heterocycles. The van der Waals surface area contributed by atoms with E-state index in [4.69, 9.17) is 13.9 Å². The second-order valence-electron chi connectivity index (χ2n) is 8.11. The molecule has 3 amide bonds. The van der Waals surface area contributed by atoms with Gasteiger partial charge < -0.3 is 23.9 Å². The third-order valence-electron chi connectivity index (χ3n) is 5.49. The maximum atomic E-state index is 13.2. The van der Waals surface area contributed by atoms with Gasteiger partial charge in [-0.25, -0.2) is 14.0 Å². The lowest BCUT2D eigenvalue weighted by atomic mass is 10.1. The van der Waals surface area contributed by atoms with Gasteiger partial charge in [0.15, 0.2) is 5.75 Å². The van der Waals surface area contributed by atoms with E-state index < -0.39 is 34.3 Å². The molecule has 1 aliphatic heterocycles. The highest BCUT2D eigenvalue weighted by Crippen LogP contribution is 2.40. The molecule has 12 nitrogen and oxygen atoms in total. The number of carbonyl (C=O) groups excluding carboxylic acids is 3. The van der Waals surface area contributed by atoms with Gasteiger partial charge in [-0.3, -0.25) is 19.8 Å². The molecule has 4 rings (SSSR count). The molecule has 1 aliphatic rings. The smallest absolute Gasteiger partial charge is 0.373 e. The van der Waals surface area contributed by atoms with E-state index in [0.717, 1.165) is 4.90 Å². The summed E-state index contributed by atoms with van der Waals surface area (Å²) in [6, 6.07) is 10.1. The van der Waals surface area contributed by atoms with Gasteiger partial charge in [-0.2, -0.15) is 0 Å². The van der Waals surface area contributed by atoms with E-state index in [1.54, 1.807) is 6.92 Å². The summed E-state index contributed by atoms with van der Waals surface area (Å²) in [7, 11) is 1.19. The van der Waals surface area contributed by atoms with Gasteiger partial charge in [-0.05, 0) is 54.5 Å². The number of carbonyl (C=O) groups is 3. The van der Waals surface area contributed by atoms with Crippen molar-refractivity contribution in [3.63, 3.8) is 0 Å². The van der Waals surface area contributed by atoms with Crippen LogP contribution in [0.25, 0.3) is 6.08 Å². The number of nitrogens with zero attached hydrogens (tertiary/aromatic N) is 2. The van der Waals surface area contributed by atoms with Gasteiger partial charge >= 0.3 is 17.7 Å². The number of halogens is 1. The van der Waals surface area contributed by atoms with E-state index in [2.05, 4.69) is 10.1 Å². The Bertz CT molecular complexity index is 1460. The summed E-state index contributed by atoms with van der Waals surface area (Å²) in [6.07, 6.45) is 1.27. The number of hydrogen-bond acceptors (Lipinski definition) is 9. The summed E-state index contributed by atoms with van der Waals surface area (Å²) in [6.45, 7) is 1.49. The van der Waals surface area contributed by atoms with Crippen LogP contribution in [0.4, 0.5) is 14.9 Å². The van der Waals surface area contributed by atoms with Gasteiger partial charge in [0.1, 0.15) is 23.9 Å². The summed E-state index contributed by atoms with van der Waals surface area (Å²) >= 11 is 0. The number of nitro groups is 1. The minimum atomic E-state index is -0.749. The van der Waals surface area contributed by atoms with Crippen LogP contribution in [0.3, 0.4) is 0 Å². The van der Waals surface area contributed by atoms with Crippen molar-refractivity contribution >= 4 is 29.7 Å². The number of hydrogen-bond donors (Lipinski definition) is 1. The van der Waals surface area contributed by atoms with Gasteiger partial charge in [0.05, 0.1) is 25.2 Å². The highest BCUT2D eigenvalue weighted by molar-refractivity contribution is 6.13. The Labute approximate surface area is 220 Å². The number of furan rings is 1. The predicted molar refractivity (Wildman–Crippen MR) is 132 cm³/mol. The Kier molecular flexibility index (Phi) is 7.89. The third-order valence-corrected chi connectivity index (χ3v) is 5.49. The van der Waals surface area contributed by atoms with Crippen LogP contribution in [0.15, 0.2) is 58.6 Å². The summed E-state index contributed by atoms with van der Waals surface area (Å²) in [4.78, 5) is 49.0. The van der Waals surface area contributed by atoms with E-state index >= 15 is 0 Å². The molecular weight excluding hydrogens is 517 g/mol. The van der Waals surface area contributed by atoms with Gasteiger partial charge in [0, 0.05) is 6.07 Å². The van der Waals surface area contributed by atoms with Gasteiger partial charge in [0.2, 0.25) is 11.5 Å². The van der Waals surface area contributed by atoms with Crippen LogP contribution >= 0.6 is 0 Å². The number of rotatable bonds is 10. The molecule has 1 saturated heterocycles. The first-order valence-corrected chi connectivity index (χ1v) is 11.5. The van der Waals surface area contributed by atoms with E-state index in [0.29, 0.717) is 5.56 Å². The number of ether oxygens (including phenoxy) is 3. The molecule has 0 bridgehead atoms. The minimum Gasteiger partial charge on any atom is -0.490 e. The normalized spacial score (nSPS) is 13.9. The quantitative estimate of drug-likeness (QED) is 0.132. The van der Waals surface area contributed by atoms with Crippen molar-refractivity contribution in [1.82, 2.24) is 10.2 Å². The number of amides is 3. The molecule has 0 radical (unpaired) electrons. The molecule has 2 heterocycles. The summed E-state index contributed by atoms with van der Waals surface area (Å²) in [5.74, 6) is -1.88. The summed E-state index contributed by atoms with van der Waals surface area (Å²) in [5, 5.41) is 14.3. The fourth-order valence-corrected chi connectivity index (χ4v) is 3.68. The monoisotopic (exact) mass is 539 g/mol. The SMILES string of the molecule is CCOc1cc(/C=C2\NC(=O)N(Cc3ccc(C(=O)OC)o3)C2=O)cc([N+](=O)[O-])c1OCc1ccc(F)cc1. The van der Waals surface area contributed by atoms with Crippen LogP contribution in [0, 0.1) is 15.9 Å². The van der Waals surface area contributed by atoms with Crippen molar-refractivity contribution in [2.75, 3.05) is 13.7 Å². The van der Waals surface area contributed by atoms with Crippen LogP contribution in [-0.4, -0.2) is 41.4 Å². The standard InChI is InChI=1S/C26H22FN3O9/c1-3-37-22-12-16(11-20(30(34)35)23(22)38-14-15-4-6-17(27)7-5-15)10-19-24(31)29(26(33)28-19)13-18-8-9-21(39-18)25(32)36-2/h4-12H,3,13-14H2,1-2H3,(H,28,33)/b19-10-. The summed E-state index contributed by atoms with van der Waals surface area (Å²) in [5.41, 5.74) is 0.190. The average molecular weight is 539 g/mol. The Morgan fingerprint density at radius 3 is 2.56 bits per heavy atom. The molecule has 39 heavy (non-hydrogen) atoms. The molecule has 1 fully saturated rings. The third kappa shape index (κ3) is 6.04. The van der Waals surface area contributed by atoms with E-state index in [9.17, 15) is 28.9 Å². The number of imide groups is 1. The number of methoxy groups -OCH3 is 1. The van der Waals surface area contributed by atoms with E-state index in [1.807, 2.05) is 0 Å². The zero-order chi connectivity index (χ0) is 28.1. The molecular formula is C26H22FN3O9. The van der Waals surface area contributed by atoms with Crippen molar-refractivity contribution in [1.29, 1.82) is 0 Å². The van der Waals surface area contributed by atoms with Crippen molar-refractivity contribution in [2.24, 2.45) is 0 Å². The van der Waals surface area contributed by atoms with Crippen molar-refractivity contribution in [3.8, 4) is 11.5 Å². The molecule has 2 aromatic carbocycles. The fraction of sp³-hybridized carbons (Fsp3) is 0.192.